The molecule has 0 aliphatic carbocycles. The Bertz CT molecular complexity index is 946. The summed E-state index contributed by atoms with van der Waals surface area (Å²) in [7, 11) is 5.87. The predicted molar refractivity (Wildman–Crippen MR) is 85.6 cm³/mol. The molecule has 0 spiro atoms. The number of rotatable bonds is 2. The first-order valence-corrected chi connectivity index (χ1v) is 6.81. The number of carbonyl (C=O) groups excluding carboxylic acids is 2. The number of aldehydes is 2. The third kappa shape index (κ3) is 1.64. The molecule has 0 bridgehead atoms. The first kappa shape index (κ1) is 12.8. The van der Waals surface area contributed by atoms with Crippen LogP contribution in [0.2, 0.25) is 0 Å². The van der Waals surface area contributed by atoms with Gasteiger partial charge in [0.1, 0.15) is 19.3 Å². The molecule has 0 fully saturated rings. The van der Waals surface area contributed by atoms with Gasteiger partial charge in [0, 0.05) is 27.5 Å². The summed E-state index contributed by atoms with van der Waals surface area (Å²) in [5.41, 5.74) is 3.34. The third-order valence-electron chi connectivity index (χ3n) is 3.95. The fourth-order valence-corrected chi connectivity index (χ4v) is 2.99. The van der Waals surface area contributed by atoms with Crippen molar-refractivity contribution in [2.24, 2.45) is 0 Å². The van der Waals surface area contributed by atoms with E-state index in [1.807, 2.05) is 18.2 Å². The van der Waals surface area contributed by atoms with Crippen molar-refractivity contribution < 1.29 is 14.3 Å². The van der Waals surface area contributed by atoms with Crippen LogP contribution in [0.4, 0.5) is 0 Å². The van der Waals surface area contributed by atoms with E-state index in [4.69, 9.17) is 12.6 Å². The van der Waals surface area contributed by atoms with Crippen molar-refractivity contribution in [2.45, 2.75) is 0 Å². The molecule has 0 saturated heterocycles. The minimum atomic E-state index is 0.471. The molecule has 0 aromatic heterocycles. The van der Waals surface area contributed by atoms with E-state index in [0.29, 0.717) is 33.5 Å². The maximum absolute atomic E-state index is 11.3. The van der Waals surface area contributed by atoms with Crippen molar-refractivity contribution in [1.82, 2.24) is 0 Å². The second kappa shape index (κ2) is 4.56. The van der Waals surface area contributed by atoms with E-state index in [-0.39, 0.29) is 0 Å². The molecule has 1 aliphatic rings. The summed E-state index contributed by atoms with van der Waals surface area (Å²) < 4.78 is 5.92. The lowest BCUT2D eigenvalue weighted by Gasteiger charge is -2.23. The maximum Gasteiger partial charge on any atom is 0.150 e. The summed E-state index contributed by atoms with van der Waals surface area (Å²) in [6.45, 7) is 0. The summed E-state index contributed by atoms with van der Waals surface area (Å²) in [4.78, 5) is 22.7. The van der Waals surface area contributed by atoms with Crippen molar-refractivity contribution in [3.8, 4) is 22.6 Å². The Morgan fingerprint density at radius 3 is 2.18 bits per heavy atom. The normalized spacial score (nSPS) is 11.6. The van der Waals surface area contributed by atoms with E-state index in [1.165, 1.54) is 0 Å². The Hall–Kier alpha value is -2.88. The maximum atomic E-state index is 11.3. The largest absolute Gasteiger partial charge is 0.456 e. The van der Waals surface area contributed by atoms with Crippen LogP contribution in [0.5, 0.6) is 11.5 Å². The van der Waals surface area contributed by atoms with Crippen LogP contribution < -0.4 is 10.2 Å². The van der Waals surface area contributed by atoms with Gasteiger partial charge in [0.25, 0.3) is 0 Å². The molecule has 0 saturated carbocycles. The topological polar surface area (TPSA) is 43.4 Å². The standard InChI is InChI=1S/C18H9BO3/c19-12-3-6-15-14(7-12)13-4-1-10(8-20)17-11(9-21)2-5-16(22-15)18(13)17/h1-9H. The van der Waals surface area contributed by atoms with E-state index in [9.17, 15) is 9.59 Å². The highest BCUT2D eigenvalue weighted by Crippen LogP contribution is 2.47. The third-order valence-corrected chi connectivity index (χ3v) is 3.95. The SMILES string of the molecule is [B]c1ccc2c(c1)-c1ccc(C=O)c3c(C=O)ccc(c13)O2. The number of hydrogen-bond acceptors (Lipinski definition) is 3. The van der Waals surface area contributed by atoms with Crippen LogP contribution in [0.15, 0.2) is 42.5 Å². The molecular formula is C18H9BO3. The molecule has 0 N–H and O–H groups in total. The van der Waals surface area contributed by atoms with E-state index < -0.39 is 0 Å². The minimum absolute atomic E-state index is 0.471. The van der Waals surface area contributed by atoms with Gasteiger partial charge >= 0.3 is 0 Å². The fraction of sp³-hybridized carbons (Fsp3) is 0. The Morgan fingerprint density at radius 2 is 1.45 bits per heavy atom. The van der Waals surface area contributed by atoms with Gasteiger partial charge in [0.15, 0.2) is 12.6 Å². The monoisotopic (exact) mass is 284 g/mol. The number of benzene rings is 3. The molecule has 2 radical (unpaired) electrons. The molecule has 3 aromatic carbocycles. The smallest absolute Gasteiger partial charge is 0.150 e. The van der Waals surface area contributed by atoms with Crippen molar-refractivity contribution in [1.29, 1.82) is 0 Å². The molecule has 4 rings (SSSR count). The van der Waals surface area contributed by atoms with Gasteiger partial charge in [-0.25, -0.2) is 0 Å². The lowest BCUT2D eigenvalue weighted by molar-refractivity contribution is 0.112. The van der Waals surface area contributed by atoms with Crippen LogP contribution in [-0.2, 0) is 0 Å². The molecule has 22 heavy (non-hydrogen) atoms. The summed E-state index contributed by atoms with van der Waals surface area (Å²) in [5.74, 6) is 1.34. The predicted octanol–water partition coefficient (Wildman–Crippen LogP) is 3.03. The summed E-state index contributed by atoms with van der Waals surface area (Å²) in [6, 6.07) is 12.4. The van der Waals surface area contributed by atoms with E-state index in [0.717, 1.165) is 29.1 Å². The van der Waals surface area contributed by atoms with Crippen LogP contribution >= 0.6 is 0 Å². The van der Waals surface area contributed by atoms with E-state index in [1.54, 1.807) is 24.3 Å². The zero-order valence-electron chi connectivity index (χ0n) is 11.5. The Labute approximate surface area is 127 Å². The van der Waals surface area contributed by atoms with Gasteiger partial charge < -0.3 is 4.74 Å². The number of fused-ring (bicyclic) bond motifs is 2. The minimum Gasteiger partial charge on any atom is -0.456 e. The van der Waals surface area contributed by atoms with Crippen LogP contribution in [0, 0.1) is 0 Å². The molecule has 0 unspecified atom stereocenters. The fourth-order valence-electron chi connectivity index (χ4n) is 2.99. The van der Waals surface area contributed by atoms with Gasteiger partial charge in [0.05, 0.1) is 0 Å². The van der Waals surface area contributed by atoms with Gasteiger partial charge in [-0.1, -0.05) is 29.7 Å². The van der Waals surface area contributed by atoms with Crippen LogP contribution in [0.1, 0.15) is 20.7 Å². The second-order valence-corrected chi connectivity index (χ2v) is 5.20. The van der Waals surface area contributed by atoms with Gasteiger partial charge in [-0.05, 0) is 23.8 Å². The molecule has 4 heteroatoms. The highest BCUT2D eigenvalue weighted by molar-refractivity contribution is 6.33. The molecule has 0 atom stereocenters. The first-order chi connectivity index (χ1) is 10.7. The average molecular weight is 284 g/mol. The van der Waals surface area contributed by atoms with E-state index in [2.05, 4.69) is 0 Å². The zero-order chi connectivity index (χ0) is 15.3. The van der Waals surface area contributed by atoms with Gasteiger partial charge in [-0.2, -0.15) is 0 Å². The number of ether oxygens (including phenoxy) is 1. The molecule has 3 aromatic rings. The Balaban J connectivity index is 2.21. The molecular weight excluding hydrogens is 275 g/mol. The van der Waals surface area contributed by atoms with Crippen molar-refractivity contribution >= 4 is 36.7 Å². The van der Waals surface area contributed by atoms with Gasteiger partial charge in [-0.15, -0.1) is 0 Å². The number of hydrogen-bond donors (Lipinski definition) is 0. The molecule has 1 heterocycles. The van der Waals surface area contributed by atoms with Crippen molar-refractivity contribution in [3.05, 3.63) is 53.6 Å². The lowest BCUT2D eigenvalue weighted by atomic mass is 9.87. The lowest BCUT2D eigenvalue weighted by Crippen LogP contribution is -2.06. The molecule has 1 aliphatic heterocycles. The van der Waals surface area contributed by atoms with Crippen molar-refractivity contribution in [2.75, 3.05) is 0 Å². The van der Waals surface area contributed by atoms with Crippen LogP contribution in [0.25, 0.3) is 21.9 Å². The van der Waals surface area contributed by atoms with Crippen LogP contribution in [-0.4, -0.2) is 20.4 Å². The number of carbonyl (C=O) groups is 2. The van der Waals surface area contributed by atoms with Gasteiger partial charge in [-0.3, -0.25) is 9.59 Å². The Kier molecular flexibility index (Phi) is 2.66. The highest BCUT2D eigenvalue weighted by atomic mass is 16.5. The van der Waals surface area contributed by atoms with Gasteiger partial charge in [0.2, 0.25) is 0 Å². The molecule has 102 valence electrons. The zero-order valence-corrected chi connectivity index (χ0v) is 11.5. The first-order valence-electron chi connectivity index (χ1n) is 6.81. The molecule has 0 amide bonds. The van der Waals surface area contributed by atoms with Crippen LogP contribution in [0.3, 0.4) is 0 Å². The average Bonchev–Trinajstić information content (AvgIpc) is 2.55. The summed E-state index contributed by atoms with van der Waals surface area (Å²) in [6.07, 6.45) is 1.51. The van der Waals surface area contributed by atoms with E-state index >= 15 is 0 Å². The quantitative estimate of drug-likeness (QED) is 0.420. The summed E-state index contributed by atoms with van der Waals surface area (Å²) >= 11 is 0. The highest BCUT2D eigenvalue weighted by Gasteiger charge is 2.22. The second-order valence-electron chi connectivity index (χ2n) is 5.20. The summed E-state index contributed by atoms with van der Waals surface area (Å²) in [5, 5.41) is 1.39. The molecule has 3 nitrogen and oxygen atoms in total. The Morgan fingerprint density at radius 1 is 0.773 bits per heavy atom. The van der Waals surface area contributed by atoms with Crippen molar-refractivity contribution in [3.63, 3.8) is 0 Å².